The van der Waals surface area contributed by atoms with E-state index in [9.17, 15) is 13.2 Å². The number of hydrogen-bond donors (Lipinski definition) is 2. The van der Waals surface area contributed by atoms with Crippen molar-refractivity contribution in [1.29, 1.82) is 0 Å². The molecule has 164 valence electrons. The lowest BCUT2D eigenvalue weighted by Crippen LogP contribution is -2.15. The number of sulfonamides is 1. The van der Waals surface area contributed by atoms with Crippen molar-refractivity contribution in [3.63, 3.8) is 0 Å². The van der Waals surface area contributed by atoms with E-state index < -0.39 is 10.0 Å². The molecule has 0 bridgehead atoms. The van der Waals surface area contributed by atoms with Gasteiger partial charge in [0.05, 0.1) is 16.9 Å². The first-order valence-corrected chi connectivity index (χ1v) is 12.0. The predicted molar refractivity (Wildman–Crippen MR) is 121 cm³/mol. The van der Waals surface area contributed by atoms with Crippen LogP contribution in [0.4, 0.5) is 5.69 Å². The van der Waals surface area contributed by atoms with Crippen molar-refractivity contribution in [2.24, 2.45) is 5.14 Å². The van der Waals surface area contributed by atoms with E-state index in [0.717, 1.165) is 5.69 Å². The van der Waals surface area contributed by atoms with Crippen LogP contribution in [0.3, 0.4) is 0 Å². The summed E-state index contributed by atoms with van der Waals surface area (Å²) in [5, 5.41) is 17.3. The molecule has 0 fully saturated rings. The van der Waals surface area contributed by atoms with Crippen molar-refractivity contribution in [3.05, 3.63) is 71.9 Å². The van der Waals surface area contributed by atoms with E-state index in [2.05, 4.69) is 15.5 Å². The molecule has 0 aliphatic carbocycles. The summed E-state index contributed by atoms with van der Waals surface area (Å²) in [4.78, 5) is 12.4. The molecule has 2 aromatic heterocycles. The standard InChI is InChI=1S/C20H16ClN5O4S2/c21-13-3-7-15(8-4-13)26-19(17-2-1-11-30-17)24-25-20(26)31-12-18(27)23-14-5-9-16(10-6-14)32(22,28)29/h1-11H,12H2,(H,23,27)(H2,22,28,29). The molecule has 0 aliphatic heterocycles. The summed E-state index contributed by atoms with van der Waals surface area (Å²) in [6.07, 6.45) is 1.54. The molecule has 0 aliphatic rings. The smallest absolute Gasteiger partial charge is 0.238 e. The molecule has 4 rings (SSSR count). The van der Waals surface area contributed by atoms with Crippen molar-refractivity contribution in [1.82, 2.24) is 14.8 Å². The number of nitrogens with two attached hydrogens (primary N) is 1. The van der Waals surface area contributed by atoms with Gasteiger partial charge in [0.1, 0.15) is 0 Å². The van der Waals surface area contributed by atoms with Crippen LogP contribution in [0.15, 0.2) is 81.4 Å². The number of furan rings is 1. The van der Waals surface area contributed by atoms with Crippen molar-refractivity contribution in [2.75, 3.05) is 11.1 Å². The molecule has 0 unspecified atom stereocenters. The molecule has 0 spiro atoms. The zero-order chi connectivity index (χ0) is 22.7. The highest BCUT2D eigenvalue weighted by atomic mass is 35.5. The quantitative estimate of drug-likeness (QED) is 0.379. The van der Waals surface area contributed by atoms with Gasteiger partial charge in [0.15, 0.2) is 10.9 Å². The van der Waals surface area contributed by atoms with Crippen molar-refractivity contribution < 1.29 is 17.6 Å². The molecule has 2 heterocycles. The van der Waals surface area contributed by atoms with Crippen LogP contribution in [0.25, 0.3) is 17.3 Å². The molecule has 0 radical (unpaired) electrons. The lowest BCUT2D eigenvalue weighted by Gasteiger charge is -2.10. The maximum atomic E-state index is 12.4. The average Bonchev–Trinajstić information content (AvgIpc) is 3.42. The van der Waals surface area contributed by atoms with Crippen molar-refractivity contribution in [2.45, 2.75) is 10.1 Å². The molecule has 12 heteroatoms. The van der Waals surface area contributed by atoms with Gasteiger partial charge in [-0.1, -0.05) is 23.4 Å². The van der Waals surface area contributed by atoms with Crippen LogP contribution in [0.5, 0.6) is 0 Å². The molecular weight excluding hydrogens is 474 g/mol. The van der Waals surface area contributed by atoms with Crippen LogP contribution < -0.4 is 10.5 Å². The van der Waals surface area contributed by atoms with Gasteiger partial charge < -0.3 is 9.73 Å². The number of rotatable bonds is 7. The molecule has 4 aromatic rings. The molecule has 0 saturated carbocycles. The summed E-state index contributed by atoms with van der Waals surface area (Å²) in [6.45, 7) is 0. The van der Waals surface area contributed by atoms with Crippen LogP contribution in [-0.4, -0.2) is 34.8 Å². The molecule has 0 saturated heterocycles. The van der Waals surface area contributed by atoms with Crippen LogP contribution in [0, 0.1) is 0 Å². The highest BCUT2D eigenvalue weighted by Crippen LogP contribution is 2.29. The van der Waals surface area contributed by atoms with E-state index >= 15 is 0 Å². The first kappa shape index (κ1) is 22.1. The Balaban J connectivity index is 1.52. The van der Waals surface area contributed by atoms with E-state index in [1.54, 1.807) is 28.8 Å². The molecule has 32 heavy (non-hydrogen) atoms. The topological polar surface area (TPSA) is 133 Å². The van der Waals surface area contributed by atoms with Gasteiger partial charge in [-0.2, -0.15) is 0 Å². The molecular formula is C20H16ClN5O4S2. The number of anilines is 1. The zero-order valence-corrected chi connectivity index (χ0v) is 18.7. The monoisotopic (exact) mass is 489 g/mol. The maximum Gasteiger partial charge on any atom is 0.238 e. The van der Waals surface area contributed by atoms with E-state index in [-0.39, 0.29) is 16.6 Å². The fourth-order valence-corrected chi connectivity index (χ4v) is 4.20. The van der Waals surface area contributed by atoms with Gasteiger partial charge in [-0.25, -0.2) is 13.6 Å². The van der Waals surface area contributed by atoms with Crippen LogP contribution in [-0.2, 0) is 14.8 Å². The summed E-state index contributed by atoms with van der Waals surface area (Å²) in [5.74, 6) is 0.752. The number of halogens is 1. The Morgan fingerprint density at radius 2 is 1.81 bits per heavy atom. The number of aromatic nitrogens is 3. The number of benzene rings is 2. The fraction of sp³-hybridized carbons (Fsp3) is 0.0500. The molecule has 1 amide bonds. The fourth-order valence-electron chi connectivity index (χ4n) is 2.81. The van der Waals surface area contributed by atoms with Gasteiger partial charge in [0.25, 0.3) is 0 Å². The van der Waals surface area contributed by atoms with E-state index in [4.69, 9.17) is 21.2 Å². The predicted octanol–water partition coefficient (Wildman–Crippen LogP) is 3.56. The molecule has 2 aromatic carbocycles. The number of carbonyl (C=O) groups excluding carboxylic acids is 1. The average molecular weight is 490 g/mol. The Kier molecular flexibility index (Phi) is 6.33. The number of hydrogen-bond acceptors (Lipinski definition) is 7. The Hall–Kier alpha value is -3.12. The van der Waals surface area contributed by atoms with Crippen LogP contribution in [0.1, 0.15) is 0 Å². The number of amides is 1. The second-order valence-corrected chi connectivity index (χ2v) is 9.44. The highest BCUT2D eigenvalue weighted by molar-refractivity contribution is 7.99. The first-order chi connectivity index (χ1) is 15.3. The Bertz CT molecular complexity index is 1340. The SMILES string of the molecule is NS(=O)(=O)c1ccc(NC(=O)CSc2nnc(-c3ccco3)n2-c2ccc(Cl)cc2)cc1. The highest BCUT2D eigenvalue weighted by Gasteiger charge is 2.19. The summed E-state index contributed by atoms with van der Waals surface area (Å²) in [7, 11) is -3.80. The van der Waals surface area contributed by atoms with Gasteiger partial charge in [0.2, 0.25) is 21.8 Å². The lowest BCUT2D eigenvalue weighted by atomic mass is 10.3. The largest absolute Gasteiger partial charge is 0.461 e. The third-order valence-electron chi connectivity index (χ3n) is 4.26. The number of nitrogens with zero attached hydrogens (tertiary/aromatic N) is 3. The summed E-state index contributed by atoms with van der Waals surface area (Å²) < 4.78 is 29.9. The second kappa shape index (κ2) is 9.17. The number of primary sulfonamides is 1. The second-order valence-electron chi connectivity index (χ2n) is 6.50. The summed E-state index contributed by atoms with van der Waals surface area (Å²) in [5.41, 5.74) is 1.20. The lowest BCUT2D eigenvalue weighted by molar-refractivity contribution is -0.113. The Morgan fingerprint density at radius 3 is 2.44 bits per heavy atom. The molecule has 0 atom stereocenters. The number of thioether (sulfide) groups is 1. The van der Waals surface area contributed by atoms with Crippen molar-refractivity contribution in [3.8, 4) is 17.3 Å². The minimum atomic E-state index is -3.80. The normalized spacial score (nSPS) is 11.4. The first-order valence-electron chi connectivity index (χ1n) is 9.12. The zero-order valence-electron chi connectivity index (χ0n) is 16.3. The van der Waals surface area contributed by atoms with Gasteiger partial charge in [-0.15, -0.1) is 10.2 Å². The van der Waals surface area contributed by atoms with E-state index in [1.807, 2.05) is 12.1 Å². The van der Waals surface area contributed by atoms with Gasteiger partial charge in [-0.3, -0.25) is 9.36 Å². The van der Waals surface area contributed by atoms with Gasteiger partial charge in [0, 0.05) is 16.4 Å². The summed E-state index contributed by atoms with van der Waals surface area (Å²) >= 11 is 7.19. The Labute approximate surface area is 192 Å². The van der Waals surface area contributed by atoms with E-state index in [0.29, 0.717) is 27.5 Å². The van der Waals surface area contributed by atoms with Gasteiger partial charge in [-0.05, 0) is 60.7 Å². The minimum absolute atomic E-state index is 0.0357. The summed E-state index contributed by atoms with van der Waals surface area (Å²) in [6, 6.07) is 16.2. The maximum absolute atomic E-state index is 12.4. The number of nitrogens with one attached hydrogen (secondary N) is 1. The van der Waals surface area contributed by atoms with Crippen molar-refractivity contribution >= 4 is 45.0 Å². The van der Waals surface area contributed by atoms with Gasteiger partial charge >= 0.3 is 0 Å². The van der Waals surface area contributed by atoms with Crippen LogP contribution in [0.2, 0.25) is 5.02 Å². The van der Waals surface area contributed by atoms with E-state index in [1.165, 1.54) is 42.3 Å². The third-order valence-corrected chi connectivity index (χ3v) is 6.37. The minimum Gasteiger partial charge on any atom is -0.461 e. The third kappa shape index (κ3) is 5.02. The number of carbonyl (C=O) groups is 1. The molecule has 9 nitrogen and oxygen atoms in total. The molecule has 3 N–H and O–H groups in total. The van der Waals surface area contributed by atoms with Crippen LogP contribution >= 0.6 is 23.4 Å². The Morgan fingerprint density at radius 1 is 1.09 bits per heavy atom.